The average Bonchev–Trinajstić information content (AvgIpc) is 2.52. The lowest BCUT2D eigenvalue weighted by molar-refractivity contribution is 0.253. The van der Waals surface area contributed by atoms with Crippen molar-refractivity contribution in [1.82, 2.24) is 10.2 Å². The summed E-state index contributed by atoms with van der Waals surface area (Å²) in [6, 6.07) is 18.7. The third-order valence-electron chi connectivity index (χ3n) is 3.43. The van der Waals surface area contributed by atoms with Gasteiger partial charge in [-0.1, -0.05) is 46.3 Å². The highest BCUT2D eigenvalue weighted by Crippen LogP contribution is 2.18. The molecule has 3 nitrogen and oxygen atoms in total. The van der Waals surface area contributed by atoms with Crippen molar-refractivity contribution in [3.05, 3.63) is 64.6 Å². The molecule has 2 aromatic rings. The Morgan fingerprint density at radius 3 is 2.48 bits per heavy atom. The molecule has 0 atom stereocenters. The lowest BCUT2D eigenvalue weighted by Gasteiger charge is -2.38. The number of nitrogens with zero attached hydrogens (tertiary/aromatic N) is 2. The summed E-state index contributed by atoms with van der Waals surface area (Å²) in [6.07, 6.45) is 0. The van der Waals surface area contributed by atoms with Crippen molar-refractivity contribution in [2.45, 2.75) is 6.54 Å². The minimum Gasteiger partial charge on any atom is -0.349 e. The van der Waals surface area contributed by atoms with Crippen LogP contribution < -0.4 is 10.2 Å². The van der Waals surface area contributed by atoms with Crippen LogP contribution >= 0.6 is 28.1 Å². The minimum atomic E-state index is 0.776. The number of para-hydroxylation sites is 1. The lowest BCUT2D eigenvalue weighted by atomic mass is 10.2. The monoisotopic (exact) mass is 361 g/mol. The Hall–Kier alpha value is -1.43. The quantitative estimate of drug-likeness (QED) is 0.842. The van der Waals surface area contributed by atoms with Gasteiger partial charge in [-0.3, -0.25) is 4.90 Å². The Labute approximate surface area is 138 Å². The first-order valence-corrected chi connectivity index (χ1v) is 8.00. The number of rotatable bonds is 3. The van der Waals surface area contributed by atoms with Crippen LogP contribution in [0.5, 0.6) is 0 Å². The summed E-state index contributed by atoms with van der Waals surface area (Å²) in [7, 11) is 0. The summed E-state index contributed by atoms with van der Waals surface area (Å²) >= 11 is 8.89. The molecular formula is C16H16BrN3S. The number of hydrogen-bond donors (Lipinski definition) is 1. The Bertz CT molecular complexity index is 615. The van der Waals surface area contributed by atoms with Crippen molar-refractivity contribution in [2.24, 2.45) is 0 Å². The highest BCUT2D eigenvalue weighted by Gasteiger charge is 2.21. The van der Waals surface area contributed by atoms with Crippen LogP contribution in [0.4, 0.5) is 5.69 Å². The van der Waals surface area contributed by atoms with E-state index in [1.54, 1.807) is 0 Å². The number of anilines is 1. The largest absolute Gasteiger partial charge is 0.349 e. The molecule has 0 unspecified atom stereocenters. The van der Waals surface area contributed by atoms with Crippen LogP contribution in [0.15, 0.2) is 59.1 Å². The normalized spacial score (nSPS) is 15.9. The van der Waals surface area contributed by atoms with Gasteiger partial charge in [0.2, 0.25) is 0 Å². The molecule has 5 heteroatoms. The Morgan fingerprint density at radius 1 is 1.05 bits per heavy atom. The molecule has 1 heterocycles. The standard InChI is InChI=1S/C16H16BrN3S/c17-14-8-6-13(7-9-14)10-19-11-18-16(21)20(12-19)15-4-2-1-3-5-15/h1-9H,10-12H2,(H,18,21). The van der Waals surface area contributed by atoms with E-state index in [9.17, 15) is 0 Å². The summed E-state index contributed by atoms with van der Waals surface area (Å²) in [6.45, 7) is 2.47. The van der Waals surface area contributed by atoms with Gasteiger partial charge >= 0.3 is 0 Å². The second-order valence-corrected chi connectivity index (χ2v) is 6.30. The predicted molar refractivity (Wildman–Crippen MR) is 94.1 cm³/mol. The maximum Gasteiger partial charge on any atom is 0.175 e. The molecule has 1 aliphatic rings. The van der Waals surface area contributed by atoms with E-state index in [1.165, 1.54) is 5.56 Å². The molecule has 1 N–H and O–H groups in total. The first-order chi connectivity index (χ1) is 10.2. The van der Waals surface area contributed by atoms with E-state index in [1.807, 2.05) is 18.2 Å². The van der Waals surface area contributed by atoms with Crippen molar-refractivity contribution in [1.29, 1.82) is 0 Å². The van der Waals surface area contributed by atoms with Crippen LogP contribution in [0.2, 0.25) is 0 Å². The van der Waals surface area contributed by atoms with E-state index in [0.29, 0.717) is 0 Å². The molecule has 21 heavy (non-hydrogen) atoms. The van der Waals surface area contributed by atoms with E-state index >= 15 is 0 Å². The van der Waals surface area contributed by atoms with Gasteiger partial charge in [0.1, 0.15) is 0 Å². The highest BCUT2D eigenvalue weighted by molar-refractivity contribution is 9.10. The maximum absolute atomic E-state index is 5.43. The van der Waals surface area contributed by atoms with Gasteiger partial charge in [0, 0.05) is 16.7 Å². The molecule has 108 valence electrons. The van der Waals surface area contributed by atoms with Crippen LogP contribution in [0.25, 0.3) is 0 Å². The van der Waals surface area contributed by atoms with Crippen molar-refractivity contribution >= 4 is 38.9 Å². The van der Waals surface area contributed by atoms with E-state index < -0.39 is 0 Å². The summed E-state index contributed by atoms with van der Waals surface area (Å²) in [4.78, 5) is 4.45. The molecule has 2 aromatic carbocycles. The highest BCUT2D eigenvalue weighted by atomic mass is 79.9. The molecule has 1 aliphatic heterocycles. The van der Waals surface area contributed by atoms with Gasteiger partial charge in [-0.25, -0.2) is 0 Å². The lowest BCUT2D eigenvalue weighted by Crippen LogP contribution is -2.55. The molecule has 1 fully saturated rings. The summed E-state index contributed by atoms with van der Waals surface area (Å²) in [5.74, 6) is 0. The summed E-state index contributed by atoms with van der Waals surface area (Å²) in [5.41, 5.74) is 2.41. The van der Waals surface area contributed by atoms with E-state index in [-0.39, 0.29) is 0 Å². The minimum absolute atomic E-state index is 0.776. The van der Waals surface area contributed by atoms with Gasteiger partial charge in [-0.05, 0) is 42.0 Å². The fraction of sp³-hybridized carbons (Fsp3) is 0.188. The summed E-state index contributed by atoms with van der Waals surface area (Å²) < 4.78 is 1.11. The third-order valence-corrected chi connectivity index (χ3v) is 4.32. The Morgan fingerprint density at radius 2 is 1.76 bits per heavy atom. The van der Waals surface area contributed by atoms with Gasteiger partial charge in [-0.15, -0.1) is 0 Å². The molecule has 0 radical (unpaired) electrons. The van der Waals surface area contributed by atoms with Crippen LogP contribution in [0.1, 0.15) is 5.56 Å². The van der Waals surface area contributed by atoms with Gasteiger partial charge in [0.25, 0.3) is 0 Å². The first kappa shape index (κ1) is 14.5. The number of nitrogens with one attached hydrogen (secondary N) is 1. The molecule has 1 saturated heterocycles. The number of hydrogen-bond acceptors (Lipinski definition) is 2. The fourth-order valence-corrected chi connectivity index (χ4v) is 2.84. The smallest absolute Gasteiger partial charge is 0.175 e. The van der Waals surface area contributed by atoms with Crippen LogP contribution in [0.3, 0.4) is 0 Å². The summed E-state index contributed by atoms with van der Waals surface area (Å²) in [5, 5.41) is 4.07. The van der Waals surface area contributed by atoms with Crippen molar-refractivity contribution in [2.75, 3.05) is 18.2 Å². The molecule has 0 aliphatic carbocycles. The SMILES string of the molecule is S=C1NCN(Cc2ccc(Br)cc2)CN1c1ccccc1. The zero-order valence-corrected chi connectivity index (χ0v) is 13.9. The van der Waals surface area contributed by atoms with Crippen LogP contribution in [0, 0.1) is 0 Å². The molecule has 0 spiro atoms. The molecule has 0 saturated carbocycles. The van der Waals surface area contributed by atoms with E-state index in [4.69, 9.17) is 12.2 Å². The second-order valence-electron chi connectivity index (χ2n) is 5.00. The van der Waals surface area contributed by atoms with Crippen molar-refractivity contribution in [3.8, 4) is 0 Å². The van der Waals surface area contributed by atoms with Gasteiger partial charge < -0.3 is 10.2 Å². The van der Waals surface area contributed by atoms with Crippen molar-refractivity contribution in [3.63, 3.8) is 0 Å². The Kier molecular flexibility index (Phi) is 4.53. The zero-order valence-electron chi connectivity index (χ0n) is 11.5. The van der Waals surface area contributed by atoms with Gasteiger partial charge in [0.15, 0.2) is 5.11 Å². The van der Waals surface area contributed by atoms with E-state index in [0.717, 1.165) is 35.2 Å². The average molecular weight is 362 g/mol. The molecule has 0 bridgehead atoms. The number of benzene rings is 2. The first-order valence-electron chi connectivity index (χ1n) is 6.79. The van der Waals surface area contributed by atoms with Gasteiger partial charge in [0.05, 0.1) is 13.3 Å². The molecule has 0 aromatic heterocycles. The van der Waals surface area contributed by atoms with E-state index in [2.05, 4.69) is 67.4 Å². The molecular weight excluding hydrogens is 346 g/mol. The van der Waals surface area contributed by atoms with Crippen molar-refractivity contribution < 1.29 is 0 Å². The topological polar surface area (TPSA) is 18.5 Å². The third kappa shape index (κ3) is 3.61. The molecule has 0 amide bonds. The second kappa shape index (κ2) is 6.56. The number of thiocarbonyl (C=S) groups is 1. The van der Waals surface area contributed by atoms with Gasteiger partial charge in [-0.2, -0.15) is 0 Å². The van der Waals surface area contributed by atoms with Crippen LogP contribution in [-0.4, -0.2) is 23.3 Å². The molecule has 3 rings (SSSR count). The van der Waals surface area contributed by atoms with Crippen LogP contribution in [-0.2, 0) is 6.54 Å². The zero-order chi connectivity index (χ0) is 14.7. The fourth-order valence-electron chi connectivity index (χ4n) is 2.35. The maximum atomic E-state index is 5.43. The predicted octanol–water partition coefficient (Wildman–Crippen LogP) is 3.56. The number of halogens is 1. The Balaban J connectivity index is 1.71.